The molecule has 2 aliphatic rings. The van der Waals surface area contributed by atoms with E-state index in [1.165, 1.54) is 5.56 Å². The van der Waals surface area contributed by atoms with Gasteiger partial charge in [-0.05, 0) is 49.7 Å². The van der Waals surface area contributed by atoms with Crippen LogP contribution in [0.4, 0.5) is 23.5 Å². The summed E-state index contributed by atoms with van der Waals surface area (Å²) >= 11 is 9.27. The normalized spacial score (nSPS) is 14.7. The number of carbonyl (C=O) groups excluding carboxylic acids is 2. The number of anilines is 4. The summed E-state index contributed by atoms with van der Waals surface area (Å²) in [6, 6.07) is 14.2. The molecule has 2 fully saturated rings. The van der Waals surface area contributed by atoms with Crippen molar-refractivity contribution >= 4 is 70.5 Å². The molecule has 49 heavy (non-hydrogen) atoms. The van der Waals surface area contributed by atoms with E-state index in [1.54, 1.807) is 49.8 Å². The Morgan fingerprint density at radius 2 is 1.14 bits per heavy atom. The van der Waals surface area contributed by atoms with Crippen LogP contribution in [0.15, 0.2) is 74.4 Å². The van der Waals surface area contributed by atoms with Gasteiger partial charge in [0.05, 0.1) is 9.79 Å². The quantitative estimate of drug-likeness (QED) is 0.275. The second-order valence-electron chi connectivity index (χ2n) is 11.7. The number of amides is 2. The Balaban J connectivity index is 0.000000191. The first-order valence-electron chi connectivity index (χ1n) is 15.9. The van der Waals surface area contributed by atoms with Crippen LogP contribution in [0.5, 0.6) is 0 Å². The molecule has 0 aliphatic carbocycles. The Labute approximate surface area is 300 Å². The Morgan fingerprint density at radius 1 is 0.673 bits per heavy atom. The molecule has 4 heterocycles. The SMILES string of the molecule is CC(=O)N1CCN(c2nc(N)ncc2Sc2ccc(C)cc2)CC1.CC(=O)N1CCN(c2nc(N)ncc2Sc2ccc(Cl)cc2C)CC1. The molecule has 2 aliphatic heterocycles. The monoisotopic (exact) mass is 720 g/mol. The van der Waals surface area contributed by atoms with E-state index in [2.05, 4.69) is 60.9 Å². The summed E-state index contributed by atoms with van der Waals surface area (Å²) in [5, 5.41) is 0.719. The summed E-state index contributed by atoms with van der Waals surface area (Å²) < 4.78 is 0. The largest absolute Gasteiger partial charge is 0.368 e. The van der Waals surface area contributed by atoms with Crippen LogP contribution < -0.4 is 21.3 Å². The van der Waals surface area contributed by atoms with Crippen LogP contribution in [0.1, 0.15) is 25.0 Å². The van der Waals surface area contributed by atoms with Crippen molar-refractivity contribution in [3.8, 4) is 0 Å². The Bertz CT molecular complexity index is 1780. The number of rotatable bonds is 6. The average Bonchev–Trinajstić information content (AvgIpc) is 3.09. The highest BCUT2D eigenvalue weighted by Gasteiger charge is 2.24. The van der Waals surface area contributed by atoms with Crippen LogP contribution in [0.3, 0.4) is 0 Å². The van der Waals surface area contributed by atoms with Gasteiger partial charge in [-0.2, -0.15) is 9.97 Å². The van der Waals surface area contributed by atoms with Crippen LogP contribution in [0, 0.1) is 13.8 Å². The van der Waals surface area contributed by atoms with Gasteiger partial charge < -0.3 is 31.1 Å². The maximum atomic E-state index is 11.5. The molecule has 12 nitrogen and oxygen atoms in total. The van der Waals surface area contributed by atoms with Gasteiger partial charge in [0.25, 0.3) is 0 Å². The number of piperazine rings is 2. The Morgan fingerprint density at radius 3 is 1.59 bits per heavy atom. The number of nitrogens with two attached hydrogens (primary N) is 2. The number of hydrogen-bond donors (Lipinski definition) is 2. The lowest BCUT2D eigenvalue weighted by atomic mass is 10.2. The minimum atomic E-state index is 0.105. The van der Waals surface area contributed by atoms with Crippen LogP contribution in [0.25, 0.3) is 0 Å². The molecule has 2 aromatic heterocycles. The molecule has 4 N–H and O–H groups in total. The molecule has 2 saturated heterocycles. The lowest BCUT2D eigenvalue weighted by Gasteiger charge is -2.35. The number of halogens is 1. The number of aryl methyl sites for hydroxylation is 2. The van der Waals surface area contributed by atoms with Gasteiger partial charge in [0, 0.05) is 93.4 Å². The fourth-order valence-electron chi connectivity index (χ4n) is 5.39. The first-order chi connectivity index (χ1) is 23.5. The second-order valence-corrected chi connectivity index (χ2v) is 14.4. The molecule has 258 valence electrons. The summed E-state index contributed by atoms with van der Waals surface area (Å²) in [5.74, 6) is 2.40. The maximum Gasteiger partial charge on any atom is 0.222 e. The number of nitrogen functional groups attached to an aromatic ring is 2. The van der Waals surface area contributed by atoms with Gasteiger partial charge in [0.15, 0.2) is 0 Å². The summed E-state index contributed by atoms with van der Waals surface area (Å²) in [6.07, 6.45) is 3.53. The zero-order chi connectivity index (χ0) is 35.1. The Kier molecular flexibility index (Phi) is 12.1. The van der Waals surface area contributed by atoms with Gasteiger partial charge in [0.1, 0.15) is 11.6 Å². The van der Waals surface area contributed by atoms with Gasteiger partial charge in [-0.3, -0.25) is 9.59 Å². The van der Waals surface area contributed by atoms with Gasteiger partial charge in [0.2, 0.25) is 23.7 Å². The van der Waals surface area contributed by atoms with Crippen molar-refractivity contribution < 1.29 is 9.59 Å². The van der Waals surface area contributed by atoms with E-state index >= 15 is 0 Å². The van der Waals surface area contributed by atoms with E-state index in [-0.39, 0.29) is 23.7 Å². The highest BCUT2D eigenvalue weighted by atomic mass is 35.5. The van der Waals surface area contributed by atoms with Gasteiger partial charge in [-0.25, -0.2) is 9.97 Å². The highest BCUT2D eigenvalue weighted by Crippen LogP contribution is 2.37. The van der Waals surface area contributed by atoms with E-state index in [0.717, 1.165) is 68.0 Å². The van der Waals surface area contributed by atoms with E-state index in [1.807, 2.05) is 34.9 Å². The van der Waals surface area contributed by atoms with Crippen molar-refractivity contribution in [3.63, 3.8) is 0 Å². The topological polar surface area (TPSA) is 151 Å². The standard InChI is InChI=1S/C17H20ClN5OS.C17H21N5OS/c1-11-9-13(18)3-4-14(11)25-15-10-20-17(19)21-16(15)23-7-5-22(6-8-23)12(2)24;1-12-3-5-14(6-4-12)24-15-11-19-17(18)20-16(15)22-9-7-21(8-10-22)13(2)23/h3-4,9-10H,5-8H2,1-2H3,(H2,19,20,21);3-6,11H,7-10H2,1-2H3,(H2,18,19,20). The zero-order valence-corrected chi connectivity index (χ0v) is 30.5. The molecule has 4 aromatic rings. The van der Waals surface area contributed by atoms with Crippen molar-refractivity contribution in [3.05, 3.63) is 71.0 Å². The predicted molar refractivity (Wildman–Crippen MR) is 197 cm³/mol. The molecule has 2 aromatic carbocycles. The smallest absolute Gasteiger partial charge is 0.222 e. The predicted octanol–water partition coefficient (Wildman–Crippen LogP) is 5.03. The molecule has 0 atom stereocenters. The highest BCUT2D eigenvalue weighted by molar-refractivity contribution is 7.99. The minimum Gasteiger partial charge on any atom is -0.368 e. The van der Waals surface area contributed by atoms with Gasteiger partial charge in [-0.15, -0.1) is 0 Å². The first-order valence-corrected chi connectivity index (χ1v) is 17.9. The van der Waals surface area contributed by atoms with Crippen molar-refractivity contribution in [2.24, 2.45) is 0 Å². The summed E-state index contributed by atoms with van der Waals surface area (Å²) in [6.45, 7) is 13.0. The summed E-state index contributed by atoms with van der Waals surface area (Å²) in [5.41, 5.74) is 13.9. The lowest BCUT2D eigenvalue weighted by Crippen LogP contribution is -2.48. The molecule has 6 rings (SSSR count). The van der Waals surface area contributed by atoms with E-state index < -0.39 is 0 Å². The van der Waals surface area contributed by atoms with Gasteiger partial charge >= 0.3 is 0 Å². The van der Waals surface area contributed by atoms with Crippen LogP contribution in [-0.4, -0.2) is 93.9 Å². The van der Waals surface area contributed by atoms with Crippen molar-refractivity contribution in [2.45, 2.75) is 47.3 Å². The third kappa shape index (κ3) is 9.67. The zero-order valence-electron chi connectivity index (χ0n) is 28.1. The van der Waals surface area contributed by atoms with Crippen LogP contribution >= 0.6 is 35.1 Å². The number of benzene rings is 2. The van der Waals surface area contributed by atoms with Crippen molar-refractivity contribution in [2.75, 3.05) is 73.6 Å². The van der Waals surface area contributed by atoms with Crippen LogP contribution in [-0.2, 0) is 9.59 Å². The van der Waals surface area contributed by atoms with E-state index in [0.29, 0.717) is 26.2 Å². The third-order valence-corrected chi connectivity index (χ3v) is 10.6. The molecule has 15 heteroatoms. The number of carbonyl (C=O) groups is 2. The molecule has 0 bridgehead atoms. The minimum absolute atomic E-state index is 0.105. The number of hydrogen-bond acceptors (Lipinski definition) is 12. The summed E-state index contributed by atoms with van der Waals surface area (Å²) in [7, 11) is 0. The van der Waals surface area contributed by atoms with Crippen LogP contribution in [0.2, 0.25) is 5.02 Å². The fraction of sp³-hybridized carbons (Fsp3) is 0.353. The lowest BCUT2D eigenvalue weighted by molar-refractivity contribution is -0.129. The second kappa shape index (κ2) is 16.4. The van der Waals surface area contributed by atoms with Gasteiger partial charge in [-0.1, -0.05) is 52.8 Å². The van der Waals surface area contributed by atoms with E-state index in [9.17, 15) is 9.59 Å². The summed E-state index contributed by atoms with van der Waals surface area (Å²) in [4.78, 5) is 52.4. The van der Waals surface area contributed by atoms with E-state index in [4.69, 9.17) is 23.1 Å². The Hall–Kier alpha value is -4.27. The average molecular weight is 721 g/mol. The fourth-order valence-corrected chi connectivity index (χ4v) is 7.48. The number of nitrogens with zero attached hydrogens (tertiary/aromatic N) is 8. The van der Waals surface area contributed by atoms with Crippen molar-refractivity contribution in [1.29, 1.82) is 0 Å². The molecule has 2 amide bonds. The van der Waals surface area contributed by atoms with Crippen molar-refractivity contribution in [1.82, 2.24) is 29.7 Å². The molecule has 0 unspecified atom stereocenters. The first kappa shape index (κ1) is 36.0. The molecule has 0 radical (unpaired) electrons. The molecule has 0 saturated carbocycles. The maximum absolute atomic E-state index is 11.5. The molecule has 0 spiro atoms. The molecular weight excluding hydrogens is 680 g/mol. The third-order valence-electron chi connectivity index (χ3n) is 8.16. The number of aromatic nitrogens is 4. The molecular formula is C34H41ClN10O2S2.